The molecule has 26 heavy (non-hydrogen) atoms. The minimum absolute atomic E-state index is 0.172. The van der Waals surface area contributed by atoms with Crippen LogP contribution in [0.5, 0.6) is 5.75 Å². The van der Waals surface area contributed by atoms with Gasteiger partial charge in [0.05, 0.1) is 17.9 Å². The predicted octanol–water partition coefficient (Wildman–Crippen LogP) is 3.06. The Morgan fingerprint density at radius 2 is 1.81 bits per heavy atom. The van der Waals surface area contributed by atoms with Gasteiger partial charge in [0, 0.05) is 26.3 Å². The summed E-state index contributed by atoms with van der Waals surface area (Å²) in [6.07, 6.45) is 0. The summed E-state index contributed by atoms with van der Waals surface area (Å²) in [6, 6.07) is 13.8. The third-order valence-corrected chi connectivity index (χ3v) is 3.61. The van der Waals surface area contributed by atoms with Crippen molar-refractivity contribution in [3.05, 3.63) is 59.7 Å². The molecule has 1 N–H and O–H groups in total. The molecular formula is C20H24N2O4. The van der Waals surface area contributed by atoms with Gasteiger partial charge in [-0.25, -0.2) is 0 Å². The molecule has 2 amide bonds. The number of hydrogen-bond donors (Lipinski definition) is 1. The van der Waals surface area contributed by atoms with Crippen molar-refractivity contribution < 1.29 is 19.1 Å². The fourth-order valence-corrected chi connectivity index (χ4v) is 2.30. The van der Waals surface area contributed by atoms with Crippen LogP contribution < -0.4 is 10.1 Å². The Kier molecular flexibility index (Phi) is 7.17. The molecule has 0 aromatic heterocycles. The van der Waals surface area contributed by atoms with Crippen LogP contribution in [0.2, 0.25) is 0 Å². The summed E-state index contributed by atoms with van der Waals surface area (Å²) in [5, 5.41) is 2.80. The van der Waals surface area contributed by atoms with Crippen LogP contribution in [0.4, 0.5) is 5.69 Å². The second-order valence-corrected chi connectivity index (χ2v) is 5.77. The van der Waals surface area contributed by atoms with Gasteiger partial charge in [0.15, 0.2) is 0 Å². The van der Waals surface area contributed by atoms with Gasteiger partial charge < -0.3 is 19.7 Å². The molecule has 0 fully saturated rings. The molecule has 2 aromatic rings. The van der Waals surface area contributed by atoms with Crippen molar-refractivity contribution >= 4 is 17.5 Å². The molecule has 138 valence electrons. The SMILES string of the molecule is CCOCCOc1cccc(C(=O)Nc2ccccc2C(=O)N(C)C)c1. The molecule has 0 aliphatic rings. The fourth-order valence-electron chi connectivity index (χ4n) is 2.30. The van der Waals surface area contributed by atoms with Gasteiger partial charge in [-0.05, 0) is 37.3 Å². The van der Waals surface area contributed by atoms with E-state index >= 15 is 0 Å². The first-order valence-electron chi connectivity index (χ1n) is 8.45. The average molecular weight is 356 g/mol. The largest absolute Gasteiger partial charge is 0.491 e. The number of ether oxygens (including phenoxy) is 2. The van der Waals surface area contributed by atoms with Crippen LogP contribution in [0, 0.1) is 0 Å². The summed E-state index contributed by atoms with van der Waals surface area (Å²) < 4.78 is 10.8. The van der Waals surface area contributed by atoms with Gasteiger partial charge in [-0.3, -0.25) is 9.59 Å². The highest BCUT2D eigenvalue weighted by Crippen LogP contribution is 2.19. The van der Waals surface area contributed by atoms with Gasteiger partial charge in [-0.2, -0.15) is 0 Å². The van der Waals surface area contributed by atoms with Crippen molar-refractivity contribution in [1.82, 2.24) is 4.90 Å². The van der Waals surface area contributed by atoms with E-state index in [9.17, 15) is 9.59 Å². The maximum Gasteiger partial charge on any atom is 0.255 e. The molecule has 6 heteroatoms. The molecule has 0 saturated heterocycles. The number of benzene rings is 2. The van der Waals surface area contributed by atoms with Gasteiger partial charge in [0.25, 0.3) is 11.8 Å². The maximum absolute atomic E-state index is 12.6. The van der Waals surface area contributed by atoms with E-state index < -0.39 is 0 Å². The van der Waals surface area contributed by atoms with E-state index in [2.05, 4.69) is 5.32 Å². The Hall–Kier alpha value is -2.86. The predicted molar refractivity (Wildman–Crippen MR) is 101 cm³/mol. The zero-order valence-electron chi connectivity index (χ0n) is 15.3. The van der Waals surface area contributed by atoms with E-state index in [0.29, 0.717) is 42.4 Å². The summed E-state index contributed by atoms with van der Waals surface area (Å²) in [5.41, 5.74) is 1.36. The molecule has 6 nitrogen and oxygen atoms in total. The van der Waals surface area contributed by atoms with Crippen LogP contribution in [0.3, 0.4) is 0 Å². The van der Waals surface area contributed by atoms with Crippen LogP contribution in [-0.4, -0.2) is 50.6 Å². The second kappa shape index (κ2) is 9.58. The number of nitrogens with zero attached hydrogens (tertiary/aromatic N) is 1. The number of amides is 2. The molecule has 0 radical (unpaired) electrons. The zero-order valence-corrected chi connectivity index (χ0v) is 15.3. The highest BCUT2D eigenvalue weighted by atomic mass is 16.5. The summed E-state index contributed by atoms with van der Waals surface area (Å²) >= 11 is 0. The highest BCUT2D eigenvalue weighted by Gasteiger charge is 2.15. The fraction of sp³-hybridized carbons (Fsp3) is 0.300. The summed E-state index contributed by atoms with van der Waals surface area (Å²) in [4.78, 5) is 26.3. The topological polar surface area (TPSA) is 67.9 Å². The first-order valence-corrected chi connectivity index (χ1v) is 8.45. The van der Waals surface area contributed by atoms with Gasteiger partial charge in [0.1, 0.15) is 12.4 Å². The van der Waals surface area contributed by atoms with E-state index in [0.717, 1.165) is 0 Å². The van der Waals surface area contributed by atoms with E-state index in [1.54, 1.807) is 62.6 Å². The molecule has 0 saturated carbocycles. The third-order valence-electron chi connectivity index (χ3n) is 3.61. The third kappa shape index (κ3) is 5.32. The van der Waals surface area contributed by atoms with Crippen LogP contribution in [0.1, 0.15) is 27.6 Å². The molecular weight excluding hydrogens is 332 g/mol. The lowest BCUT2D eigenvalue weighted by Crippen LogP contribution is -2.24. The van der Waals surface area contributed by atoms with Crippen molar-refractivity contribution in [3.63, 3.8) is 0 Å². The first kappa shape index (κ1) is 19.5. The quantitative estimate of drug-likeness (QED) is 0.738. The van der Waals surface area contributed by atoms with E-state index in [1.807, 2.05) is 6.92 Å². The standard InChI is InChI=1S/C20H24N2O4/c1-4-25-12-13-26-16-9-7-8-15(14-16)19(23)21-18-11-6-5-10-17(18)20(24)22(2)3/h5-11,14H,4,12-13H2,1-3H3,(H,21,23). The van der Waals surface area contributed by atoms with Crippen molar-refractivity contribution in [2.24, 2.45) is 0 Å². The van der Waals surface area contributed by atoms with Crippen molar-refractivity contribution in [3.8, 4) is 5.75 Å². The Labute approximate surface area is 153 Å². The molecule has 2 rings (SSSR count). The van der Waals surface area contributed by atoms with Crippen molar-refractivity contribution in [2.75, 3.05) is 39.2 Å². The summed E-state index contributed by atoms with van der Waals surface area (Å²) in [6.45, 7) is 3.47. The van der Waals surface area contributed by atoms with E-state index in [1.165, 1.54) is 4.90 Å². The van der Waals surface area contributed by atoms with Crippen molar-refractivity contribution in [1.29, 1.82) is 0 Å². The second-order valence-electron chi connectivity index (χ2n) is 5.77. The molecule has 0 unspecified atom stereocenters. The van der Waals surface area contributed by atoms with E-state index in [4.69, 9.17) is 9.47 Å². The van der Waals surface area contributed by atoms with Gasteiger partial charge >= 0.3 is 0 Å². The minimum Gasteiger partial charge on any atom is -0.491 e. The zero-order chi connectivity index (χ0) is 18.9. The lowest BCUT2D eigenvalue weighted by molar-refractivity contribution is 0.0828. The summed E-state index contributed by atoms with van der Waals surface area (Å²) in [7, 11) is 3.34. The number of nitrogens with one attached hydrogen (secondary N) is 1. The number of anilines is 1. The van der Waals surface area contributed by atoms with Gasteiger partial charge in [-0.15, -0.1) is 0 Å². The number of rotatable bonds is 8. The Bertz CT molecular complexity index is 759. The lowest BCUT2D eigenvalue weighted by atomic mass is 10.1. The van der Waals surface area contributed by atoms with Crippen LogP contribution in [0.25, 0.3) is 0 Å². The first-order chi connectivity index (χ1) is 12.5. The lowest BCUT2D eigenvalue weighted by Gasteiger charge is -2.15. The molecule has 0 atom stereocenters. The smallest absolute Gasteiger partial charge is 0.255 e. The van der Waals surface area contributed by atoms with Gasteiger partial charge in [-0.1, -0.05) is 18.2 Å². The number of carbonyl (C=O) groups excluding carboxylic acids is 2. The Morgan fingerprint density at radius 1 is 1.04 bits per heavy atom. The monoisotopic (exact) mass is 356 g/mol. The molecule has 0 aliphatic carbocycles. The molecule has 0 bridgehead atoms. The number of para-hydroxylation sites is 1. The maximum atomic E-state index is 12.6. The Balaban J connectivity index is 2.10. The van der Waals surface area contributed by atoms with Crippen molar-refractivity contribution in [2.45, 2.75) is 6.92 Å². The average Bonchev–Trinajstić information content (AvgIpc) is 2.65. The number of hydrogen-bond acceptors (Lipinski definition) is 4. The number of carbonyl (C=O) groups is 2. The van der Waals surface area contributed by atoms with E-state index in [-0.39, 0.29) is 11.8 Å². The van der Waals surface area contributed by atoms with Crippen LogP contribution in [0.15, 0.2) is 48.5 Å². The molecule has 0 heterocycles. The van der Waals surface area contributed by atoms with Gasteiger partial charge in [0.2, 0.25) is 0 Å². The Morgan fingerprint density at radius 3 is 2.54 bits per heavy atom. The summed E-state index contributed by atoms with van der Waals surface area (Å²) in [5.74, 6) is 0.114. The van der Waals surface area contributed by atoms with Crippen LogP contribution >= 0.6 is 0 Å². The normalized spacial score (nSPS) is 10.3. The molecule has 0 aliphatic heterocycles. The van der Waals surface area contributed by atoms with Crippen LogP contribution in [-0.2, 0) is 4.74 Å². The molecule has 0 spiro atoms. The minimum atomic E-state index is -0.306. The molecule has 2 aromatic carbocycles. The highest BCUT2D eigenvalue weighted by molar-refractivity contribution is 6.09.